The number of benzene rings is 2. The second-order valence-electron chi connectivity index (χ2n) is 8.53. The molecule has 31 heavy (non-hydrogen) atoms. The van der Waals surface area contributed by atoms with E-state index in [1.807, 2.05) is 0 Å². The van der Waals surface area contributed by atoms with Gasteiger partial charge in [-0.3, -0.25) is 9.59 Å². The van der Waals surface area contributed by atoms with Gasteiger partial charge in [-0.2, -0.15) is 0 Å². The monoisotopic (exact) mass is 436 g/mol. The van der Waals surface area contributed by atoms with Crippen molar-refractivity contribution in [2.75, 3.05) is 0 Å². The molecule has 0 spiro atoms. The minimum Gasteiger partial charge on any atom is -0.461 e. The molecule has 0 unspecified atom stereocenters. The van der Waals surface area contributed by atoms with Crippen molar-refractivity contribution in [1.82, 2.24) is 0 Å². The number of rotatable bonds is 7. The summed E-state index contributed by atoms with van der Waals surface area (Å²) >= 11 is 0. The summed E-state index contributed by atoms with van der Waals surface area (Å²) in [5, 5.41) is 0. The zero-order valence-electron chi connectivity index (χ0n) is 18.2. The molecule has 0 aromatic heterocycles. The van der Waals surface area contributed by atoms with Gasteiger partial charge in [-0.15, -0.1) is 0 Å². The second kappa shape index (κ2) is 9.98. The average molecular weight is 436 g/mol. The lowest BCUT2D eigenvalue weighted by Crippen LogP contribution is -2.30. The molecule has 0 saturated heterocycles. The predicted molar refractivity (Wildman–Crippen MR) is 110 cm³/mol. The van der Waals surface area contributed by atoms with Crippen LogP contribution in [0.2, 0.25) is 0 Å². The molecule has 168 valence electrons. The van der Waals surface area contributed by atoms with Crippen molar-refractivity contribution in [3.05, 3.63) is 71.0 Å². The molecule has 2 aromatic carbocycles. The van der Waals surface area contributed by atoms with Gasteiger partial charge in [0.05, 0.1) is 12.3 Å². The van der Waals surface area contributed by atoms with Crippen molar-refractivity contribution in [3.63, 3.8) is 0 Å². The molecule has 0 aliphatic carbocycles. The Hall–Kier alpha value is -2.83. The van der Waals surface area contributed by atoms with E-state index >= 15 is 0 Å². The standard InChI is InChI=1S/C24H27F3O4/c1-14(12-21(28)31-24(3,4)5)23(29)30-15(2)22(16-6-8-17(25)9-7-16)19-11-10-18(26)13-20(19)27/h6-11,13-15,22H,12H2,1-5H3/t14-,15+,22+/m1/s1. The van der Waals surface area contributed by atoms with Crippen LogP contribution in [0, 0.1) is 23.4 Å². The smallest absolute Gasteiger partial charge is 0.309 e. The molecular weight excluding hydrogens is 409 g/mol. The van der Waals surface area contributed by atoms with Gasteiger partial charge in [0.2, 0.25) is 0 Å². The van der Waals surface area contributed by atoms with Gasteiger partial charge < -0.3 is 9.47 Å². The molecule has 0 aliphatic rings. The molecule has 2 aromatic rings. The summed E-state index contributed by atoms with van der Waals surface area (Å²) < 4.78 is 52.1. The Bertz CT molecular complexity index is 919. The van der Waals surface area contributed by atoms with Crippen LogP contribution in [0.1, 0.15) is 58.1 Å². The number of ether oxygens (including phenoxy) is 2. The van der Waals surface area contributed by atoms with Crippen LogP contribution in [0.25, 0.3) is 0 Å². The van der Waals surface area contributed by atoms with Crippen LogP contribution in [-0.2, 0) is 19.1 Å². The average Bonchev–Trinajstić information content (AvgIpc) is 2.63. The van der Waals surface area contributed by atoms with Gasteiger partial charge in [0.25, 0.3) is 0 Å². The third-order valence-corrected chi connectivity index (χ3v) is 4.59. The van der Waals surface area contributed by atoms with Crippen molar-refractivity contribution in [1.29, 1.82) is 0 Å². The summed E-state index contributed by atoms with van der Waals surface area (Å²) in [6.45, 7) is 8.26. The molecule has 0 fully saturated rings. The van der Waals surface area contributed by atoms with E-state index in [1.54, 1.807) is 27.7 Å². The zero-order chi connectivity index (χ0) is 23.3. The Morgan fingerprint density at radius 2 is 1.52 bits per heavy atom. The van der Waals surface area contributed by atoms with Crippen LogP contribution in [0.3, 0.4) is 0 Å². The maximum atomic E-state index is 14.5. The van der Waals surface area contributed by atoms with E-state index in [9.17, 15) is 22.8 Å². The minimum absolute atomic E-state index is 0.105. The maximum absolute atomic E-state index is 14.5. The van der Waals surface area contributed by atoms with E-state index in [0.717, 1.165) is 12.1 Å². The van der Waals surface area contributed by atoms with Crippen molar-refractivity contribution in [3.8, 4) is 0 Å². The Morgan fingerprint density at radius 1 is 0.935 bits per heavy atom. The Morgan fingerprint density at radius 3 is 2.06 bits per heavy atom. The highest BCUT2D eigenvalue weighted by molar-refractivity contribution is 5.80. The fourth-order valence-corrected chi connectivity index (χ4v) is 3.21. The minimum atomic E-state index is -0.876. The number of esters is 2. The van der Waals surface area contributed by atoms with E-state index < -0.39 is 52.9 Å². The largest absolute Gasteiger partial charge is 0.461 e. The molecule has 7 heteroatoms. The summed E-state index contributed by atoms with van der Waals surface area (Å²) in [7, 11) is 0. The molecule has 0 saturated carbocycles. The number of halogens is 3. The van der Waals surface area contributed by atoms with Gasteiger partial charge in [0, 0.05) is 12.0 Å². The Labute approximate surface area is 180 Å². The van der Waals surface area contributed by atoms with Crippen LogP contribution >= 0.6 is 0 Å². The lowest BCUT2D eigenvalue weighted by Gasteiger charge is -2.27. The quantitative estimate of drug-likeness (QED) is 0.535. The normalized spacial score (nSPS) is 14.5. The summed E-state index contributed by atoms with van der Waals surface area (Å²) in [6.07, 6.45) is -1.05. The van der Waals surface area contributed by atoms with Crippen LogP contribution in [0.4, 0.5) is 13.2 Å². The van der Waals surface area contributed by atoms with E-state index in [1.165, 1.54) is 37.3 Å². The molecule has 0 bridgehead atoms. The van der Waals surface area contributed by atoms with Crippen LogP contribution in [-0.4, -0.2) is 23.6 Å². The summed E-state index contributed by atoms with van der Waals surface area (Å²) in [5.41, 5.74) is -0.0815. The fourth-order valence-electron chi connectivity index (χ4n) is 3.21. The Balaban J connectivity index is 2.23. The van der Waals surface area contributed by atoms with Crippen LogP contribution in [0.5, 0.6) is 0 Å². The number of carbonyl (C=O) groups is 2. The summed E-state index contributed by atoms with van der Waals surface area (Å²) in [4.78, 5) is 24.6. The van der Waals surface area contributed by atoms with E-state index in [2.05, 4.69) is 0 Å². The Kier molecular flexibility index (Phi) is 7.87. The van der Waals surface area contributed by atoms with Gasteiger partial charge in [0.15, 0.2) is 0 Å². The van der Waals surface area contributed by atoms with Gasteiger partial charge in [0.1, 0.15) is 29.2 Å². The molecule has 0 N–H and O–H groups in total. The van der Waals surface area contributed by atoms with Crippen molar-refractivity contribution < 1.29 is 32.2 Å². The van der Waals surface area contributed by atoms with Crippen molar-refractivity contribution in [2.45, 2.75) is 58.7 Å². The van der Waals surface area contributed by atoms with Crippen LogP contribution in [0.15, 0.2) is 42.5 Å². The van der Waals surface area contributed by atoms with Gasteiger partial charge in [-0.05, 0) is 57.0 Å². The first kappa shape index (κ1) is 24.4. The van der Waals surface area contributed by atoms with Crippen molar-refractivity contribution >= 4 is 11.9 Å². The summed E-state index contributed by atoms with van der Waals surface area (Å²) in [5.74, 6) is -4.81. The number of carbonyl (C=O) groups excluding carboxylic acids is 2. The first-order valence-corrected chi connectivity index (χ1v) is 10.00. The van der Waals surface area contributed by atoms with E-state index in [-0.39, 0.29) is 12.0 Å². The molecule has 0 heterocycles. The highest BCUT2D eigenvalue weighted by Crippen LogP contribution is 2.32. The van der Waals surface area contributed by atoms with Crippen molar-refractivity contribution in [2.24, 2.45) is 5.92 Å². The molecule has 0 radical (unpaired) electrons. The van der Waals surface area contributed by atoms with E-state index in [0.29, 0.717) is 5.56 Å². The van der Waals surface area contributed by atoms with Gasteiger partial charge in [-0.1, -0.05) is 25.1 Å². The fraction of sp³-hybridized carbons (Fsp3) is 0.417. The first-order valence-electron chi connectivity index (χ1n) is 10.00. The van der Waals surface area contributed by atoms with Gasteiger partial charge in [-0.25, -0.2) is 13.2 Å². The lowest BCUT2D eigenvalue weighted by atomic mass is 9.86. The zero-order valence-corrected chi connectivity index (χ0v) is 18.2. The molecular formula is C24H27F3O4. The third kappa shape index (κ3) is 7.12. The maximum Gasteiger partial charge on any atom is 0.309 e. The second-order valence-corrected chi connectivity index (χ2v) is 8.53. The highest BCUT2D eigenvalue weighted by Gasteiger charge is 2.30. The predicted octanol–water partition coefficient (Wildman–Crippen LogP) is 5.54. The highest BCUT2D eigenvalue weighted by atomic mass is 19.1. The number of hydrogen-bond acceptors (Lipinski definition) is 4. The molecule has 3 atom stereocenters. The van der Waals surface area contributed by atoms with E-state index in [4.69, 9.17) is 9.47 Å². The molecule has 0 aliphatic heterocycles. The third-order valence-electron chi connectivity index (χ3n) is 4.59. The molecule has 4 nitrogen and oxygen atoms in total. The number of hydrogen-bond donors (Lipinski definition) is 0. The molecule has 0 amide bonds. The first-order chi connectivity index (χ1) is 14.4. The van der Waals surface area contributed by atoms with Gasteiger partial charge >= 0.3 is 11.9 Å². The lowest BCUT2D eigenvalue weighted by molar-refractivity contribution is -0.163. The molecule has 2 rings (SSSR count). The van der Waals surface area contributed by atoms with Crippen LogP contribution < -0.4 is 0 Å². The summed E-state index contributed by atoms with van der Waals surface area (Å²) in [6, 6.07) is 8.45. The topological polar surface area (TPSA) is 52.6 Å². The SMILES string of the molecule is C[C@H](CC(=O)OC(C)(C)C)C(=O)O[C@@H](C)[C@@H](c1ccc(F)cc1)c1ccc(F)cc1F.